The number of quaternary nitrogens is 1. The van der Waals surface area contributed by atoms with Gasteiger partial charge in [0.2, 0.25) is 0 Å². The van der Waals surface area contributed by atoms with E-state index in [-0.39, 0.29) is 5.97 Å². The van der Waals surface area contributed by atoms with Crippen molar-refractivity contribution in [2.45, 2.75) is 27.7 Å². The Labute approximate surface area is 117 Å². The van der Waals surface area contributed by atoms with Crippen LogP contribution in [-0.2, 0) is 14.3 Å². The molecule has 0 fully saturated rings. The average molecular weight is 270 g/mol. The molecular formula is C15H28NO3+. The van der Waals surface area contributed by atoms with Gasteiger partial charge in [0, 0.05) is 5.57 Å². The van der Waals surface area contributed by atoms with E-state index >= 15 is 0 Å². The highest BCUT2D eigenvalue weighted by atomic mass is 16.5. The van der Waals surface area contributed by atoms with Crippen molar-refractivity contribution >= 4 is 5.97 Å². The van der Waals surface area contributed by atoms with E-state index < -0.39 is 0 Å². The van der Waals surface area contributed by atoms with Gasteiger partial charge in [-0.25, -0.2) is 4.79 Å². The van der Waals surface area contributed by atoms with Crippen LogP contribution >= 0.6 is 0 Å². The first-order valence-corrected chi connectivity index (χ1v) is 6.83. The Morgan fingerprint density at radius 2 is 1.47 bits per heavy atom. The summed E-state index contributed by atoms with van der Waals surface area (Å²) in [5.74, 6) is 0.419. The van der Waals surface area contributed by atoms with E-state index in [1.807, 2.05) is 6.92 Å². The summed E-state index contributed by atoms with van der Waals surface area (Å²) < 4.78 is 11.5. The molecule has 0 bridgehead atoms. The van der Waals surface area contributed by atoms with Gasteiger partial charge in [0.15, 0.2) is 0 Å². The normalized spacial score (nSPS) is 10.9. The summed E-state index contributed by atoms with van der Waals surface area (Å²) in [7, 11) is 0. The zero-order chi connectivity index (χ0) is 14.9. The minimum Gasteiger partial charge on any atom is -0.493 e. The second-order valence-electron chi connectivity index (χ2n) is 4.89. The summed E-state index contributed by atoms with van der Waals surface area (Å²) in [5, 5.41) is 0. The zero-order valence-electron chi connectivity index (χ0n) is 12.8. The van der Waals surface area contributed by atoms with E-state index in [4.69, 9.17) is 9.47 Å². The van der Waals surface area contributed by atoms with Crippen molar-refractivity contribution in [2.24, 2.45) is 0 Å². The molecule has 0 unspecified atom stereocenters. The lowest BCUT2D eigenvalue weighted by Crippen LogP contribution is -2.51. The molecule has 4 heteroatoms. The summed E-state index contributed by atoms with van der Waals surface area (Å²) in [6.45, 7) is 19.8. The quantitative estimate of drug-likeness (QED) is 0.265. The largest absolute Gasteiger partial charge is 0.493 e. The molecule has 0 saturated heterocycles. The van der Waals surface area contributed by atoms with Crippen LogP contribution in [0.1, 0.15) is 27.7 Å². The van der Waals surface area contributed by atoms with E-state index in [2.05, 4.69) is 27.0 Å². The summed E-state index contributed by atoms with van der Waals surface area (Å²) in [6, 6.07) is 0. The van der Waals surface area contributed by atoms with Crippen molar-refractivity contribution in [2.75, 3.05) is 39.4 Å². The van der Waals surface area contributed by atoms with E-state index in [0.717, 1.165) is 36.4 Å². The molecule has 0 aromatic heterocycles. The molecule has 0 aliphatic heterocycles. The highest BCUT2D eigenvalue weighted by Crippen LogP contribution is 2.07. The summed E-state index contributed by atoms with van der Waals surface area (Å²) in [6.07, 6.45) is 0. The maximum absolute atomic E-state index is 11.3. The molecule has 0 radical (unpaired) electrons. The molecule has 0 saturated carbocycles. The van der Waals surface area contributed by atoms with E-state index in [9.17, 15) is 4.79 Å². The molecule has 0 aliphatic carbocycles. The van der Waals surface area contributed by atoms with Crippen molar-refractivity contribution in [3.63, 3.8) is 0 Å². The lowest BCUT2D eigenvalue weighted by Gasteiger charge is -2.36. The van der Waals surface area contributed by atoms with Gasteiger partial charge in [-0.05, 0) is 27.7 Å². The predicted octanol–water partition coefficient (Wildman–Crippen LogP) is 2.51. The molecule has 0 atom stereocenters. The minimum absolute atomic E-state index is 0.316. The van der Waals surface area contributed by atoms with Gasteiger partial charge in [0.25, 0.3) is 0 Å². The first kappa shape index (κ1) is 17.7. The van der Waals surface area contributed by atoms with Crippen molar-refractivity contribution in [1.29, 1.82) is 0 Å². The molecular weight excluding hydrogens is 242 g/mol. The molecule has 110 valence electrons. The van der Waals surface area contributed by atoms with Gasteiger partial charge in [0.05, 0.1) is 18.8 Å². The Morgan fingerprint density at radius 3 is 1.84 bits per heavy atom. The topological polar surface area (TPSA) is 35.5 Å². The van der Waals surface area contributed by atoms with E-state index in [0.29, 0.717) is 18.8 Å². The van der Waals surface area contributed by atoms with Crippen LogP contribution in [0.15, 0.2) is 24.5 Å². The number of esters is 1. The van der Waals surface area contributed by atoms with Crippen LogP contribution in [0.2, 0.25) is 0 Å². The standard InChI is InChI=1S/C15H28NO3/c1-7-16(8-2,9-11-18-14(5)6)10-12-19-15(17)13(3)4/h3,5,7-12H2,1-2,4,6H3/q+1. The highest BCUT2D eigenvalue weighted by Gasteiger charge is 2.23. The van der Waals surface area contributed by atoms with Crippen molar-refractivity contribution in [3.05, 3.63) is 24.5 Å². The fourth-order valence-corrected chi connectivity index (χ4v) is 1.84. The average Bonchev–Trinajstić information content (AvgIpc) is 2.36. The van der Waals surface area contributed by atoms with Crippen LogP contribution in [0, 0.1) is 0 Å². The van der Waals surface area contributed by atoms with E-state index in [1.54, 1.807) is 6.92 Å². The maximum Gasteiger partial charge on any atom is 0.333 e. The van der Waals surface area contributed by atoms with Crippen LogP contribution in [0.4, 0.5) is 0 Å². The zero-order valence-corrected chi connectivity index (χ0v) is 12.8. The number of nitrogens with zero attached hydrogens (tertiary/aromatic N) is 1. The number of hydrogen-bond donors (Lipinski definition) is 0. The molecule has 19 heavy (non-hydrogen) atoms. The Balaban J connectivity index is 4.25. The number of carbonyl (C=O) groups is 1. The van der Waals surface area contributed by atoms with Crippen LogP contribution in [0.5, 0.6) is 0 Å². The molecule has 0 aromatic rings. The van der Waals surface area contributed by atoms with Gasteiger partial charge in [-0.15, -0.1) is 0 Å². The third-order valence-corrected chi connectivity index (χ3v) is 3.40. The maximum atomic E-state index is 11.3. The van der Waals surface area contributed by atoms with Crippen molar-refractivity contribution in [3.8, 4) is 0 Å². The Morgan fingerprint density at radius 1 is 1.00 bits per heavy atom. The predicted molar refractivity (Wildman–Crippen MR) is 77.6 cm³/mol. The first-order chi connectivity index (χ1) is 8.87. The lowest BCUT2D eigenvalue weighted by atomic mass is 10.3. The van der Waals surface area contributed by atoms with Gasteiger partial charge >= 0.3 is 5.97 Å². The third-order valence-electron chi connectivity index (χ3n) is 3.40. The second kappa shape index (κ2) is 8.75. The Kier molecular flexibility index (Phi) is 8.16. The van der Waals surface area contributed by atoms with Gasteiger partial charge in [-0.1, -0.05) is 13.2 Å². The first-order valence-electron chi connectivity index (χ1n) is 6.83. The van der Waals surface area contributed by atoms with Gasteiger partial charge < -0.3 is 14.0 Å². The molecule has 0 aliphatic rings. The highest BCUT2D eigenvalue weighted by molar-refractivity contribution is 5.86. The van der Waals surface area contributed by atoms with Crippen molar-refractivity contribution < 1.29 is 18.8 Å². The molecule has 0 aromatic carbocycles. The number of carbonyl (C=O) groups excluding carboxylic acids is 1. The number of rotatable bonds is 10. The molecule has 0 rings (SSSR count). The van der Waals surface area contributed by atoms with Gasteiger partial charge in [-0.3, -0.25) is 0 Å². The monoisotopic (exact) mass is 270 g/mol. The van der Waals surface area contributed by atoms with Crippen LogP contribution in [0.25, 0.3) is 0 Å². The molecule has 4 nitrogen and oxygen atoms in total. The summed E-state index contributed by atoms with van der Waals surface area (Å²) in [4.78, 5) is 11.3. The summed E-state index contributed by atoms with van der Waals surface area (Å²) in [5.41, 5.74) is 0.441. The Hall–Kier alpha value is -1.29. The van der Waals surface area contributed by atoms with E-state index in [1.165, 1.54) is 0 Å². The van der Waals surface area contributed by atoms with Crippen molar-refractivity contribution in [1.82, 2.24) is 0 Å². The Bertz CT molecular complexity index is 319. The van der Waals surface area contributed by atoms with Gasteiger partial charge in [-0.2, -0.15) is 0 Å². The second-order valence-corrected chi connectivity index (χ2v) is 4.89. The number of likely N-dealkylation sites (N-methyl/N-ethyl adjacent to an activating group) is 1. The molecule has 0 amide bonds. The van der Waals surface area contributed by atoms with Crippen LogP contribution < -0.4 is 0 Å². The fourth-order valence-electron chi connectivity index (χ4n) is 1.84. The number of allylic oxidation sites excluding steroid dienone is 1. The number of ether oxygens (including phenoxy) is 2. The van der Waals surface area contributed by atoms with Crippen LogP contribution in [-0.4, -0.2) is 49.8 Å². The minimum atomic E-state index is -0.316. The van der Waals surface area contributed by atoms with Gasteiger partial charge in [0.1, 0.15) is 26.3 Å². The fraction of sp³-hybridized carbons (Fsp3) is 0.667. The SMILES string of the molecule is C=C(C)OCC[N+](CC)(CC)CCOC(=O)C(=C)C. The summed E-state index contributed by atoms with van der Waals surface area (Å²) >= 11 is 0. The van der Waals surface area contributed by atoms with Crippen LogP contribution in [0.3, 0.4) is 0 Å². The smallest absolute Gasteiger partial charge is 0.333 e. The lowest BCUT2D eigenvalue weighted by molar-refractivity contribution is -0.925. The molecule has 0 spiro atoms. The molecule has 0 heterocycles. The molecule has 0 N–H and O–H groups in total. The third kappa shape index (κ3) is 7.01. The number of hydrogen-bond acceptors (Lipinski definition) is 3.